The van der Waals surface area contributed by atoms with E-state index in [2.05, 4.69) is 10.6 Å². The van der Waals surface area contributed by atoms with Crippen LogP contribution >= 0.6 is 11.6 Å². The number of halogens is 1. The Kier molecular flexibility index (Phi) is 6.61. The quantitative estimate of drug-likeness (QED) is 0.759. The lowest BCUT2D eigenvalue weighted by Crippen LogP contribution is -2.34. The Morgan fingerprint density at radius 3 is 2.65 bits per heavy atom. The molecule has 1 heterocycles. The number of nitrogens with one attached hydrogen (secondary N) is 2. The largest absolute Gasteiger partial charge is 0.491 e. The third-order valence-electron chi connectivity index (χ3n) is 4.97. The zero-order chi connectivity index (χ0) is 18.4. The van der Waals surface area contributed by atoms with E-state index in [-0.39, 0.29) is 11.9 Å². The number of carbonyl (C=O) groups excluding carboxylic acids is 2. The van der Waals surface area contributed by atoms with Gasteiger partial charge in [0.05, 0.1) is 12.3 Å². The molecule has 0 bridgehead atoms. The van der Waals surface area contributed by atoms with Gasteiger partial charge in [-0.15, -0.1) is 0 Å². The molecule has 7 heteroatoms. The third kappa shape index (κ3) is 5.27. The van der Waals surface area contributed by atoms with Gasteiger partial charge in [0.15, 0.2) is 0 Å². The summed E-state index contributed by atoms with van der Waals surface area (Å²) < 4.78 is 5.85. The zero-order valence-electron chi connectivity index (χ0n) is 14.9. The summed E-state index contributed by atoms with van der Waals surface area (Å²) in [7, 11) is 0. The molecule has 3 rings (SSSR count). The van der Waals surface area contributed by atoms with E-state index in [1.54, 1.807) is 18.2 Å². The number of hydrogen-bond acceptors (Lipinski definition) is 3. The fourth-order valence-electron chi connectivity index (χ4n) is 3.17. The van der Waals surface area contributed by atoms with Crippen molar-refractivity contribution in [2.45, 2.75) is 38.5 Å². The number of benzene rings is 1. The molecular formula is C19H26ClN3O3. The van der Waals surface area contributed by atoms with Gasteiger partial charge < -0.3 is 20.3 Å². The molecule has 6 nitrogen and oxygen atoms in total. The molecule has 2 fully saturated rings. The summed E-state index contributed by atoms with van der Waals surface area (Å²) >= 11 is 6.04. The average molecular weight is 380 g/mol. The van der Waals surface area contributed by atoms with E-state index < -0.39 is 0 Å². The molecule has 0 unspecified atom stereocenters. The van der Waals surface area contributed by atoms with Gasteiger partial charge in [-0.2, -0.15) is 0 Å². The maximum Gasteiger partial charge on any atom is 0.319 e. The molecule has 2 aliphatic rings. The van der Waals surface area contributed by atoms with Gasteiger partial charge in [0.1, 0.15) is 5.75 Å². The van der Waals surface area contributed by atoms with Crippen molar-refractivity contribution in [3.8, 4) is 5.75 Å². The van der Waals surface area contributed by atoms with E-state index >= 15 is 0 Å². The lowest BCUT2D eigenvalue weighted by atomic mass is 9.86. The van der Waals surface area contributed by atoms with Gasteiger partial charge in [0.25, 0.3) is 0 Å². The number of ether oxygens (including phenoxy) is 1. The first-order chi connectivity index (χ1) is 12.6. The van der Waals surface area contributed by atoms with Crippen LogP contribution in [-0.4, -0.2) is 43.1 Å². The minimum Gasteiger partial charge on any atom is -0.491 e. The Labute approximate surface area is 159 Å². The van der Waals surface area contributed by atoms with Crippen molar-refractivity contribution >= 4 is 29.2 Å². The smallest absolute Gasteiger partial charge is 0.319 e. The minimum atomic E-state index is -0.366. The summed E-state index contributed by atoms with van der Waals surface area (Å²) in [6.45, 7) is 2.62. The number of carbonyl (C=O) groups is 2. The van der Waals surface area contributed by atoms with Crippen molar-refractivity contribution < 1.29 is 14.3 Å². The van der Waals surface area contributed by atoms with Gasteiger partial charge in [-0.3, -0.25) is 4.79 Å². The Morgan fingerprint density at radius 1 is 1.19 bits per heavy atom. The standard InChI is InChI=1S/C19H26ClN3O3/c20-15-6-7-17(26-13-14-4-3-5-14)16(12-15)22-19(25)21-9-8-18(24)23-10-1-2-11-23/h6-7,12,14H,1-5,8-11,13H2,(H2,21,22,25). The molecular weight excluding hydrogens is 354 g/mol. The van der Waals surface area contributed by atoms with E-state index in [9.17, 15) is 9.59 Å². The lowest BCUT2D eigenvalue weighted by Gasteiger charge is -2.25. The summed E-state index contributed by atoms with van der Waals surface area (Å²) in [5, 5.41) is 6.02. The van der Waals surface area contributed by atoms with Crippen molar-refractivity contribution in [2.24, 2.45) is 5.92 Å². The van der Waals surface area contributed by atoms with Crippen molar-refractivity contribution in [3.63, 3.8) is 0 Å². The molecule has 3 amide bonds. The van der Waals surface area contributed by atoms with Crippen LogP contribution in [0.25, 0.3) is 0 Å². The molecule has 0 aromatic heterocycles. The highest BCUT2D eigenvalue weighted by Gasteiger charge is 2.19. The Balaban J connectivity index is 1.46. The maximum atomic E-state index is 12.1. The second kappa shape index (κ2) is 9.12. The number of nitrogens with zero attached hydrogens (tertiary/aromatic N) is 1. The van der Waals surface area contributed by atoms with Crippen LogP contribution < -0.4 is 15.4 Å². The first-order valence-corrected chi connectivity index (χ1v) is 9.74. The molecule has 1 aliphatic heterocycles. The van der Waals surface area contributed by atoms with Gasteiger partial charge in [0, 0.05) is 31.1 Å². The highest BCUT2D eigenvalue weighted by Crippen LogP contribution is 2.31. The fraction of sp³-hybridized carbons (Fsp3) is 0.579. The second-order valence-electron chi connectivity index (χ2n) is 6.97. The molecule has 26 heavy (non-hydrogen) atoms. The van der Waals surface area contributed by atoms with Gasteiger partial charge in [-0.05, 0) is 49.8 Å². The number of hydrogen-bond donors (Lipinski definition) is 2. The highest BCUT2D eigenvalue weighted by molar-refractivity contribution is 6.31. The molecule has 0 spiro atoms. The molecule has 1 aromatic carbocycles. The van der Waals surface area contributed by atoms with Crippen LogP contribution in [0, 0.1) is 5.92 Å². The van der Waals surface area contributed by atoms with Crippen LogP contribution in [0.3, 0.4) is 0 Å². The molecule has 1 aliphatic carbocycles. The summed E-state index contributed by atoms with van der Waals surface area (Å²) in [5.41, 5.74) is 0.542. The fourth-order valence-corrected chi connectivity index (χ4v) is 3.34. The molecule has 142 valence electrons. The van der Waals surface area contributed by atoms with Crippen LogP contribution in [0.1, 0.15) is 38.5 Å². The zero-order valence-corrected chi connectivity index (χ0v) is 15.7. The van der Waals surface area contributed by atoms with Gasteiger partial charge in [0.2, 0.25) is 5.91 Å². The van der Waals surface area contributed by atoms with E-state index in [0.717, 1.165) is 25.9 Å². The predicted molar refractivity (Wildman–Crippen MR) is 102 cm³/mol. The number of rotatable bonds is 7. The van der Waals surface area contributed by atoms with Gasteiger partial charge in [-0.25, -0.2) is 4.79 Å². The molecule has 0 radical (unpaired) electrons. The topological polar surface area (TPSA) is 70.7 Å². The summed E-state index contributed by atoms with van der Waals surface area (Å²) in [6.07, 6.45) is 6.10. The predicted octanol–water partition coefficient (Wildman–Crippen LogP) is 3.65. The average Bonchev–Trinajstić information content (AvgIpc) is 3.10. The van der Waals surface area contributed by atoms with Crippen LogP contribution in [0.5, 0.6) is 5.75 Å². The van der Waals surface area contributed by atoms with Crippen molar-refractivity contribution in [1.82, 2.24) is 10.2 Å². The number of anilines is 1. The van der Waals surface area contributed by atoms with Gasteiger partial charge >= 0.3 is 6.03 Å². The summed E-state index contributed by atoms with van der Waals surface area (Å²) in [5.74, 6) is 1.31. The molecule has 2 N–H and O–H groups in total. The van der Waals surface area contributed by atoms with Gasteiger partial charge in [-0.1, -0.05) is 18.0 Å². The second-order valence-corrected chi connectivity index (χ2v) is 7.40. The summed E-state index contributed by atoms with van der Waals surface area (Å²) in [6, 6.07) is 4.82. The first kappa shape index (κ1) is 18.8. The maximum absolute atomic E-state index is 12.1. The van der Waals surface area contributed by atoms with Crippen LogP contribution in [0.15, 0.2) is 18.2 Å². The Morgan fingerprint density at radius 2 is 1.96 bits per heavy atom. The molecule has 1 aromatic rings. The van der Waals surface area contributed by atoms with Crippen LogP contribution in [0.4, 0.5) is 10.5 Å². The van der Waals surface area contributed by atoms with E-state index in [0.29, 0.717) is 41.9 Å². The monoisotopic (exact) mass is 379 g/mol. The van der Waals surface area contributed by atoms with E-state index in [4.69, 9.17) is 16.3 Å². The Bertz CT molecular complexity index is 643. The summed E-state index contributed by atoms with van der Waals surface area (Å²) in [4.78, 5) is 26.0. The first-order valence-electron chi connectivity index (χ1n) is 9.37. The lowest BCUT2D eigenvalue weighted by molar-refractivity contribution is -0.129. The van der Waals surface area contributed by atoms with Crippen molar-refractivity contribution in [1.29, 1.82) is 0 Å². The van der Waals surface area contributed by atoms with Crippen molar-refractivity contribution in [2.75, 3.05) is 31.6 Å². The van der Waals surface area contributed by atoms with Crippen LogP contribution in [-0.2, 0) is 4.79 Å². The number of amides is 3. The molecule has 0 atom stereocenters. The third-order valence-corrected chi connectivity index (χ3v) is 5.21. The van der Waals surface area contributed by atoms with E-state index in [1.165, 1.54) is 19.3 Å². The van der Waals surface area contributed by atoms with Crippen molar-refractivity contribution in [3.05, 3.63) is 23.2 Å². The number of likely N-dealkylation sites (tertiary alicyclic amines) is 1. The number of urea groups is 1. The molecule has 1 saturated carbocycles. The minimum absolute atomic E-state index is 0.0927. The van der Waals surface area contributed by atoms with E-state index in [1.807, 2.05) is 4.90 Å². The Hall–Kier alpha value is -1.95. The van der Waals surface area contributed by atoms with Crippen LogP contribution in [0.2, 0.25) is 5.02 Å². The highest BCUT2D eigenvalue weighted by atomic mass is 35.5. The SMILES string of the molecule is O=C(NCCC(=O)N1CCCC1)Nc1cc(Cl)ccc1OCC1CCC1. The normalized spacial score (nSPS) is 16.9. The molecule has 1 saturated heterocycles.